The fourth-order valence-electron chi connectivity index (χ4n) is 2.13. The van der Waals surface area contributed by atoms with Gasteiger partial charge in [-0.15, -0.1) is 0 Å². The molecule has 22 heavy (non-hydrogen) atoms. The van der Waals surface area contributed by atoms with E-state index in [2.05, 4.69) is 39.7 Å². The van der Waals surface area contributed by atoms with Crippen LogP contribution in [0.15, 0.2) is 47.6 Å². The minimum Gasteiger partial charge on any atom is -0.481 e. The third-order valence-corrected chi connectivity index (χ3v) is 3.42. The first-order valence-electron chi connectivity index (χ1n) is 7.21. The smallest absolute Gasteiger partial charge is 0.218 e. The fourth-order valence-corrected chi connectivity index (χ4v) is 2.13. The second kappa shape index (κ2) is 8.02. The number of guanidine groups is 1. The van der Waals surface area contributed by atoms with Gasteiger partial charge in [0.2, 0.25) is 5.88 Å². The van der Waals surface area contributed by atoms with Crippen molar-refractivity contribution in [3.63, 3.8) is 0 Å². The average molecular weight is 298 g/mol. The molecule has 0 aliphatic heterocycles. The van der Waals surface area contributed by atoms with E-state index < -0.39 is 0 Å². The zero-order valence-electron chi connectivity index (χ0n) is 13.3. The Balaban J connectivity index is 1.92. The van der Waals surface area contributed by atoms with Crippen LogP contribution in [-0.2, 0) is 13.1 Å². The molecule has 0 radical (unpaired) electrons. The van der Waals surface area contributed by atoms with Gasteiger partial charge in [0, 0.05) is 31.9 Å². The molecule has 0 amide bonds. The third-order valence-electron chi connectivity index (χ3n) is 3.42. The van der Waals surface area contributed by atoms with Gasteiger partial charge in [0.25, 0.3) is 0 Å². The molecule has 2 N–H and O–H groups in total. The van der Waals surface area contributed by atoms with Crippen molar-refractivity contribution in [3.8, 4) is 5.88 Å². The Morgan fingerprint density at radius 2 is 1.77 bits per heavy atom. The molecule has 0 aliphatic rings. The van der Waals surface area contributed by atoms with Crippen LogP contribution in [-0.4, -0.2) is 25.1 Å². The van der Waals surface area contributed by atoms with E-state index in [1.807, 2.05) is 24.3 Å². The van der Waals surface area contributed by atoms with E-state index in [4.69, 9.17) is 4.74 Å². The largest absolute Gasteiger partial charge is 0.481 e. The molecule has 1 aromatic carbocycles. The summed E-state index contributed by atoms with van der Waals surface area (Å²) in [6, 6.07) is 12.2. The molecular formula is C17H22N4O. The molecule has 5 nitrogen and oxygen atoms in total. The summed E-state index contributed by atoms with van der Waals surface area (Å²) in [4.78, 5) is 8.42. The number of benzene rings is 1. The molecule has 1 heterocycles. The van der Waals surface area contributed by atoms with E-state index in [1.165, 1.54) is 11.1 Å². The monoisotopic (exact) mass is 298 g/mol. The van der Waals surface area contributed by atoms with Crippen molar-refractivity contribution in [1.29, 1.82) is 0 Å². The summed E-state index contributed by atoms with van der Waals surface area (Å²) in [6.45, 7) is 3.44. The Hall–Kier alpha value is -2.56. The molecule has 0 saturated heterocycles. The zero-order chi connectivity index (χ0) is 15.8. The third kappa shape index (κ3) is 4.22. The van der Waals surface area contributed by atoms with Crippen molar-refractivity contribution in [3.05, 3.63) is 59.3 Å². The second-order valence-corrected chi connectivity index (χ2v) is 4.88. The lowest BCUT2D eigenvalue weighted by Crippen LogP contribution is -2.36. The Morgan fingerprint density at radius 1 is 1.09 bits per heavy atom. The van der Waals surface area contributed by atoms with Crippen LogP contribution in [0.3, 0.4) is 0 Å². The molecule has 2 rings (SSSR count). The first-order chi connectivity index (χ1) is 10.7. The molecule has 0 fully saturated rings. The Morgan fingerprint density at radius 3 is 2.45 bits per heavy atom. The summed E-state index contributed by atoms with van der Waals surface area (Å²) < 4.78 is 5.24. The highest BCUT2D eigenvalue weighted by atomic mass is 16.5. The van der Waals surface area contributed by atoms with Gasteiger partial charge in [-0.25, -0.2) is 4.98 Å². The number of aromatic nitrogens is 1. The highest BCUT2D eigenvalue weighted by molar-refractivity contribution is 5.79. The number of pyridine rings is 1. The first-order valence-corrected chi connectivity index (χ1v) is 7.21. The summed E-state index contributed by atoms with van der Waals surface area (Å²) in [5.41, 5.74) is 3.51. The highest BCUT2D eigenvalue weighted by Gasteiger charge is 2.05. The molecule has 5 heteroatoms. The summed E-state index contributed by atoms with van der Waals surface area (Å²) in [5, 5.41) is 6.58. The van der Waals surface area contributed by atoms with E-state index in [-0.39, 0.29) is 0 Å². The lowest BCUT2D eigenvalue weighted by molar-refractivity contribution is 0.392. The SMILES string of the molecule is CN=C(NCc1ccccc1C)NCc1cccnc1OC. The van der Waals surface area contributed by atoms with Gasteiger partial charge in [-0.3, -0.25) is 4.99 Å². The van der Waals surface area contributed by atoms with Crippen LogP contribution >= 0.6 is 0 Å². The highest BCUT2D eigenvalue weighted by Crippen LogP contribution is 2.12. The maximum Gasteiger partial charge on any atom is 0.218 e. The Labute approximate surface area is 131 Å². The van der Waals surface area contributed by atoms with E-state index in [0.29, 0.717) is 12.4 Å². The van der Waals surface area contributed by atoms with Crippen molar-refractivity contribution in [2.24, 2.45) is 4.99 Å². The Kier molecular flexibility index (Phi) is 5.77. The van der Waals surface area contributed by atoms with Crippen LogP contribution < -0.4 is 15.4 Å². The van der Waals surface area contributed by atoms with Crippen LogP contribution in [0.4, 0.5) is 0 Å². The normalized spacial score (nSPS) is 11.1. The van der Waals surface area contributed by atoms with Crippen molar-refractivity contribution in [2.75, 3.05) is 14.2 Å². The van der Waals surface area contributed by atoms with Crippen LogP contribution in [0, 0.1) is 6.92 Å². The van der Waals surface area contributed by atoms with Gasteiger partial charge in [0.1, 0.15) is 0 Å². The molecule has 116 valence electrons. The van der Waals surface area contributed by atoms with Gasteiger partial charge in [0.15, 0.2) is 5.96 Å². The van der Waals surface area contributed by atoms with Gasteiger partial charge in [0.05, 0.1) is 7.11 Å². The molecule has 0 unspecified atom stereocenters. The van der Waals surface area contributed by atoms with Crippen LogP contribution in [0.5, 0.6) is 5.88 Å². The number of nitrogens with one attached hydrogen (secondary N) is 2. The van der Waals surface area contributed by atoms with Gasteiger partial charge in [-0.05, 0) is 24.1 Å². The van der Waals surface area contributed by atoms with Gasteiger partial charge in [-0.2, -0.15) is 0 Å². The van der Waals surface area contributed by atoms with Crippen molar-refractivity contribution >= 4 is 5.96 Å². The number of ether oxygens (including phenoxy) is 1. The average Bonchev–Trinajstić information content (AvgIpc) is 2.56. The lowest BCUT2D eigenvalue weighted by atomic mass is 10.1. The first kappa shape index (κ1) is 15.8. The Bertz CT molecular complexity index is 640. The van der Waals surface area contributed by atoms with Crippen LogP contribution in [0.25, 0.3) is 0 Å². The van der Waals surface area contributed by atoms with Gasteiger partial charge >= 0.3 is 0 Å². The van der Waals surface area contributed by atoms with Crippen molar-refractivity contribution < 1.29 is 4.74 Å². The summed E-state index contributed by atoms with van der Waals surface area (Å²) in [6.07, 6.45) is 1.72. The van der Waals surface area contributed by atoms with E-state index in [9.17, 15) is 0 Å². The van der Waals surface area contributed by atoms with Gasteiger partial charge in [-0.1, -0.05) is 30.3 Å². The molecule has 0 saturated carbocycles. The molecule has 0 spiro atoms. The molecule has 0 aliphatic carbocycles. The number of aryl methyl sites for hydroxylation is 1. The number of methoxy groups -OCH3 is 1. The summed E-state index contributed by atoms with van der Waals surface area (Å²) in [7, 11) is 3.38. The molecule has 1 aromatic heterocycles. The van der Waals surface area contributed by atoms with E-state index >= 15 is 0 Å². The zero-order valence-corrected chi connectivity index (χ0v) is 13.3. The van der Waals surface area contributed by atoms with Crippen LogP contribution in [0.2, 0.25) is 0 Å². The topological polar surface area (TPSA) is 58.5 Å². The van der Waals surface area contributed by atoms with Crippen molar-refractivity contribution in [1.82, 2.24) is 15.6 Å². The summed E-state index contributed by atoms with van der Waals surface area (Å²) >= 11 is 0. The minimum absolute atomic E-state index is 0.602. The second-order valence-electron chi connectivity index (χ2n) is 4.88. The predicted octanol–water partition coefficient (Wildman–Crippen LogP) is 2.26. The molecule has 0 atom stereocenters. The number of aliphatic imine (C=N–C) groups is 1. The maximum absolute atomic E-state index is 5.24. The predicted molar refractivity (Wildman–Crippen MR) is 89.0 cm³/mol. The van der Waals surface area contributed by atoms with Crippen molar-refractivity contribution in [2.45, 2.75) is 20.0 Å². The molecular weight excluding hydrogens is 276 g/mol. The van der Waals surface area contributed by atoms with E-state index in [0.717, 1.165) is 18.1 Å². The summed E-state index contributed by atoms with van der Waals surface area (Å²) in [5.74, 6) is 1.37. The molecule has 2 aromatic rings. The lowest BCUT2D eigenvalue weighted by Gasteiger charge is -2.14. The van der Waals surface area contributed by atoms with E-state index in [1.54, 1.807) is 20.4 Å². The van der Waals surface area contributed by atoms with Crippen LogP contribution in [0.1, 0.15) is 16.7 Å². The quantitative estimate of drug-likeness (QED) is 0.657. The maximum atomic E-state index is 5.24. The fraction of sp³-hybridized carbons (Fsp3) is 0.294. The molecule has 0 bridgehead atoms. The number of rotatable bonds is 5. The number of hydrogen-bond donors (Lipinski definition) is 2. The number of hydrogen-bond acceptors (Lipinski definition) is 3. The minimum atomic E-state index is 0.602. The van der Waals surface area contributed by atoms with Gasteiger partial charge < -0.3 is 15.4 Å². The standard InChI is InChI=1S/C17H22N4O/c1-13-7-4-5-8-14(13)11-20-17(18-2)21-12-15-9-6-10-19-16(15)22-3/h4-10H,11-12H2,1-3H3,(H2,18,20,21). The number of nitrogens with zero attached hydrogens (tertiary/aromatic N) is 2.